The van der Waals surface area contributed by atoms with Crippen molar-refractivity contribution in [2.45, 2.75) is 6.61 Å². The fourth-order valence-electron chi connectivity index (χ4n) is 2.39. The number of hydrogen-bond donors (Lipinski definition) is 3. The first-order valence-corrected chi connectivity index (χ1v) is 7.35. The second-order valence-electron chi connectivity index (χ2n) is 4.79. The van der Waals surface area contributed by atoms with Gasteiger partial charge >= 0.3 is 0 Å². The summed E-state index contributed by atoms with van der Waals surface area (Å²) in [5.74, 6) is 0.239. The van der Waals surface area contributed by atoms with E-state index in [1.165, 1.54) is 0 Å². The van der Waals surface area contributed by atoms with Crippen molar-refractivity contribution in [1.29, 1.82) is 0 Å². The lowest BCUT2D eigenvalue weighted by atomic mass is 9.95. The standard InChI is InChI=1S/C17H14BrNO2/c18-15-9-11(10-20)8-14(16-2-1-7-19-16)17(15)12-3-5-13(21)6-4-12/h1-9,19-21H,10H2. The monoisotopic (exact) mass is 343 g/mol. The van der Waals surface area contributed by atoms with Gasteiger partial charge in [0.05, 0.1) is 6.61 Å². The minimum atomic E-state index is -0.0117. The van der Waals surface area contributed by atoms with Crippen LogP contribution in [0.5, 0.6) is 5.75 Å². The summed E-state index contributed by atoms with van der Waals surface area (Å²) < 4.78 is 0.907. The second kappa shape index (κ2) is 5.76. The summed E-state index contributed by atoms with van der Waals surface area (Å²) in [5.41, 5.74) is 4.84. The molecule has 0 bridgehead atoms. The fourth-order valence-corrected chi connectivity index (χ4v) is 3.12. The lowest BCUT2D eigenvalue weighted by Crippen LogP contribution is -1.92. The van der Waals surface area contributed by atoms with Crippen LogP contribution in [0.2, 0.25) is 0 Å². The molecule has 0 aliphatic rings. The van der Waals surface area contributed by atoms with Gasteiger partial charge < -0.3 is 15.2 Å². The summed E-state index contributed by atoms with van der Waals surface area (Å²) in [6, 6.07) is 14.9. The molecule has 0 radical (unpaired) electrons. The van der Waals surface area contributed by atoms with E-state index in [1.807, 2.05) is 42.6 Å². The summed E-state index contributed by atoms with van der Waals surface area (Å²) in [7, 11) is 0. The molecule has 0 aliphatic heterocycles. The van der Waals surface area contributed by atoms with Gasteiger partial charge in [0.1, 0.15) is 5.75 Å². The van der Waals surface area contributed by atoms with Crippen LogP contribution in [-0.2, 0) is 6.61 Å². The lowest BCUT2D eigenvalue weighted by molar-refractivity contribution is 0.282. The average Bonchev–Trinajstić information content (AvgIpc) is 3.02. The molecule has 106 valence electrons. The number of aliphatic hydroxyl groups excluding tert-OH is 1. The molecule has 0 spiro atoms. The van der Waals surface area contributed by atoms with Gasteiger partial charge in [-0.25, -0.2) is 0 Å². The van der Waals surface area contributed by atoms with Crippen molar-refractivity contribution < 1.29 is 10.2 Å². The van der Waals surface area contributed by atoms with Crippen molar-refractivity contribution in [3.63, 3.8) is 0 Å². The van der Waals surface area contributed by atoms with Crippen molar-refractivity contribution in [3.05, 3.63) is 64.8 Å². The molecule has 3 rings (SSSR count). The van der Waals surface area contributed by atoms with Gasteiger partial charge in [-0.3, -0.25) is 0 Å². The number of benzene rings is 2. The molecule has 0 atom stereocenters. The van der Waals surface area contributed by atoms with E-state index in [9.17, 15) is 10.2 Å². The third-order valence-corrected chi connectivity index (χ3v) is 4.00. The minimum absolute atomic E-state index is 0.0117. The molecular weight excluding hydrogens is 330 g/mol. The molecule has 0 fully saturated rings. The van der Waals surface area contributed by atoms with Crippen LogP contribution in [0.3, 0.4) is 0 Å². The van der Waals surface area contributed by atoms with E-state index >= 15 is 0 Å². The number of rotatable bonds is 3. The van der Waals surface area contributed by atoms with Crippen molar-refractivity contribution in [3.8, 4) is 28.1 Å². The Kier molecular flexibility index (Phi) is 3.82. The van der Waals surface area contributed by atoms with Crippen LogP contribution < -0.4 is 0 Å². The molecule has 0 aliphatic carbocycles. The van der Waals surface area contributed by atoms with Crippen molar-refractivity contribution in [2.24, 2.45) is 0 Å². The van der Waals surface area contributed by atoms with Crippen LogP contribution in [0, 0.1) is 0 Å². The SMILES string of the molecule is OCc1cc(Br)c(-c2ccc(O)cc2)c(-c2ccc[nH]2)c1. The van der Waals surface area contributed by atoms with Crippen LogP contribution in [-0.4, -0.2) is 15.2 Å². The van der Waals surface area contributed by atoms with E-state index in [0.29, 0.717) is 0 Å². The van der Waals surface area contributed by atoms with Crippen LogP contribution >= 0.6 is 15.9 Å². The number of phenols is 1. The van der Waals surface area contributed by atoms with Crippen LogP contribution in [0.4, 0.5) is 0 Å². The Morgan fingerprint density at radius 3 is 2.43 bits per heavy atom. The molecule has 0 amide bonds. The Morgan fingerprint density at radius 2 is 1.81 bits per heavy atom. The molecule has 21 heavy (non-hydrogen) atoms. The third-order valence-electron chi connectivity index (χ3n) is 3.38. The van der Waals surface area contributed by atoms with Gasteiger partial charge in [0.15, 0.2) is 0 Å². The van der Waals surface area contributed by atoms with E-state index in [-0.39, 0.29) is 12.4 Å². The zero-order valence-corrected chi connectivity index (χ0v) is 12.8. The lowest BCUT2D eigenvalue weighted by Gasteiger charge is -2.13. The number of phenolic OH excluding ortho intramolecular Hbond substituents is 1. The summed E-state index contributed by atoms with van der Waals surface area (Å²) in [4.78, 5) is 3.20. The number of halogens is 1. The largest absolute Gasteiger partial charge is 0.508 e. The van der Waals surface area contributed by atoms with Gasteiger partial charge in [0.2, 0.25) is 0 Å². The minimum Gasteiger partial charge on any atom is -0.508 e. The number of aromatic hydroxyl groups is 1. The van der Waals surface area contributed by atoms with Gasteiger partial charge in [-0.05, 0) is 47.5 Å². The highest BCUT2D eigenvalue weighted by molar-refractivity contribution is 9.10. The predicted octanol–water partition coefficient (Wildman–Crippen LogP) is 4.31. The highest BCUT2D eigenvalue weighted by Crippen LogP contribution is 2.38. The molecule has 2 aromatic carbocycles. The van der Waals surface area contributed by atoms with Gasteiger partial charge in [0, 0.05) is 27.5 Å². The van der Waals surface area contributed by atoms with Crippen molar-refractivity contribution in [2.75, 3.05) is 0 Å². The fraction of sp³-hybridized carbons (Fsp3) is 0.0588. The highest BCUT2D eigenvalue weighted by atomic mass is 79.9. The Morgan fingerprint density at radius 1 is 1.05 bits per heavy atom. The van der Waals surface area contributed by atoms with Gasteiger partial charge in [-0.15, -0.1) is 0 Å². The van der Waals surface area contributed by atoms with Gasteiger partial charge in [-0.2, -0.15) is 0 Å². The van der Waals surface area contributed by atoms with Gasteiger partial charge in [-0.1, -0.05) is 28.1 Å². The Labute approximate surface area is 131 Å². The third kappa shape index (κ3) is 2.73. The number of nitrogens with one attached hydrogen (secondary N) is 1. The maximum absolute atomic E-state index is 9.46. The second-order valence-corrected chi connectivity index (χ2v) is 5.64. The molecule has 3 aromatic rings. The number of aromatic nitrogens is 1. The highest BCUT2D eigenvalue weighted by Gasteiger charge is 2.13. The van der Waals surface area contributed by atoms with Gasteiger partial charge in [0.25, 0.3) is 0 Å². The van der Waals surface area contributed by atoms with Crippen LogP contribution in [0.15, 0.2) is 59.2 Å². The van der Waals surface area contributed by atoms with E-state index in [4.69, 9.17) is 0 Å². The number of aromatic amines is 1. The van der Waals surface area contributed by atoms with E-state index in [2.05, 4.69) is 20.9 Å². The van der Waals surface area contributed by atoms with Crippen molar-refractivity contribution in [1.82, 2.24) is 4.98 Å². The van der Waals surface area contributed by atoms with E-state index < -0.39 is 0 Å². The molecular formula is C17H14BrNO2. The molecule has 1 heterocycles. The Balaban J connectivity index is 2.25. The smallest absolute Gasteiger partial charge is 0.115 e. The zero-order valence-electron chi connectivity index (χ0n) is 11.2. The summed E-state index contributed by atoms with van der Waals surface area (Å²) in [6.45, 7) is -0.0117. The average molecular weight is 344 g/mol. The quantitative estimate of drug-likeness (QED) is 0.663. The number of hydrogen-bond acceptors (Lipinski definition) is 2. The van der Waals surface area contributed by atoms with Crippen LogP contribution in [0.1, 0.15) is 5.56 Å². The normalized spacial score (nSPS) is 10.8. The van der Waals surface area contributed by atoms with E-state index in [1.54, 1.807) is 12.1 Å². The zero-order chi connectivity index (χ0) is 14.8. The van der Waals surface area contributed by atoms with E-state index in [0.717, 1.165) is 32.4 Å². The maximum Gasteiger partial charge on any atom is 0.115 e. The molecule has 3 nitrogen and oxygen atoms in total. The summed E-state index contributed by atoms with van der Waals surface area (Å²) in [5, 5.41) is 18.9. The molecule has 0 saturated carbocycles. The maximum atomic E-state index is 9.46. The number of H-pyrrole nitrogens is 1. The molecule has 0 unspecified atom stereocenters. The first-order chi connectivity index (χ1) is 10.2. The first kappa shape index (κ1) is 13.9. The molecule has 4 heteroatoms. The molecule has 3 N–H and O–H groups in total. The molecule has 0 saturated heterocycles. The predicted molar refractivity (Wildman–Crippen MR) is 87.0 cm³/mol. The summed E-state index contributed by atoms with van der Waals surface area (Å²) in [6.07, 6.45) is 1.87. The Bertz CT molecular complexity index is 749. The Hall–Kier alpha value is -2.04. The van der Waals surface area contributed by atoms with Crippen molar-refractivity contribution >= 4 is 15.9 Å². The summed E-state index contributed by atoms with van der Waals surface area (Å²) >= 11 is 3.59. The number of aliphatic hydroxyl groups is 1. The van der Waals surface area contributed by atoms with Crippen LogP contribution in [0.25, 0.3) is 22.4 Å². The topological polar surface area (TPSA) is 56.2 Å². The molecule has 1 aromatic heterocycles. The first-order valence-electron chi connectivity index (χ1n) is 6.55.